The van der Waals surface area contributed by atoms with Gasteiger partial charge in [-0.2, -0.15) is 0 Å². The summed E-state index contributed by atoms with van der Waals surface area (Å²) in [5.41, 5.74) is 0.694. The van der Waals surface area contributed by atoms with Crippen LogP contribution >= 0.6 is 0 Å². The summed E-state index contributed by atoms with van der Waals surface area (Å²) in [4.78, 5) is 13.2. The fraction of sp³-hybridized carbons (Fsp3) is 0.500. The van der Waals surface area contributed by atoms with Crippen molar-refractivity contribution >= 4 is 5.97 Å². The van der Waals surface area contributed by atoms with Gasteiger partial charge in [-0.25, -0.2) is 0 Å². The molecule has 19 heavy (non-hydrogen) atoms. The van der Waals surface area contributed by atoms with E-state index in [-0.39, 0.29) is 11.7 Å². The second kappa shape index (κ2) is 5.48. The number of carboxylic acid groups (broad SMARTS) is 1. The fourth-order valence-corrected chi connectivity index (χ4v) is 2.64. The molecule has 0 saturated carbocycles. The third-order valence-corrected chi connectivity index (χ3v) is 3.72. The van der Waals surface area contributed by atoms with Crippen LogP contribution < -0.4 is 4.74 Å². The number of benzene rings is 1. The molecule has 5 heteroatoms. The molecule has 1 aromatic carbocycles. The van der Waals surface area contributed by atoms with E-state index in [2.05, 4.69) is 0 Å². The minimum atomic E-state index is -0.799. The lowest BCUT2D eigenvalue weighted by Gasteiger charge is -2.23. The zero-order valence-electron chi connectivity index (χ0n) is 11.2. The molecule has 1 aromatic rings. The maximum atomic E-state index is 11.3. The molecule has 1 fully saturated rings. The van der Waals surface area contributed by atoms with Crippen molar-refractivity contribution in [2.45, 2.75) is 25.9 Å². The molecule has 2 rings (SSSR count). The highest BCUT2D eigenvalue weighted by molar-refractivity contribution is 5.74. The number of ether oxygens (including phenoxy) is 1. The maximum Gasteiger partial charge on any atom is 0.321 e. The molecule has 0 radical (unpaired) electrons. The van der Waals surface area contributed by atoms with Crippen molar-refractivity contribution in [3.63, 3.8) is 0 Å². The van der Waals surface area contributed by atoms with Crippen LogP contribution in [0.4, 0.5) is 0 Å². The standard InChI is InChI=1S/C14H19NO4/c1-9-5-6-15(13(9)14(17)18)8-10-7-11(19-2)3-4-12(10)16/h3-4,7,9,13,16H,5-6,8H2,1-2H3,(H,17,18). The largest absolute Gasteiger partial charge is 0.508 e. The van der Waals surface area contributed by atoms with E-state index in [1.807, 2.05) is 11.8 Å². The molecule has 1 aliphatic rings. The number of likely N-dealkylation sites (tertiary alicyclic amines) is 1. The Morgan fingerprint density at radius 2 is 2.26 bits per heavy atom. The first-order valence-corrected chi connectivity index (χ1v) is 6.35. The number of phenolic OH excluding ortho intramolecular Hbond substituents is 1. The highest BCUT2D eigenvalue weighted by atomic mass is 16.5. The van der Waals surface area contributed by atoms with Crippen molar-refractivity contribution in [2.75, 3.05) is 13.7 Å². The van der Waals surface area contributed by atoms with Crippen LogP contribution in [0.1, 0.15) is 18.9 Å². The third kappa shape index (κ3) is 2.81. The summed E-state index contributed by atoms with van der Waals surface area (Å²) in [5, 5.41) is 19.1. The van der Waals surface area contributed by atoms with Crippen LogP contribution in [0.25, 0.3) is 0 Å². The third-order valence-electron chi connectivity index (χ3n) is 3.72. The molecule has 2 N–H and O–H groups in total. The van der Waals surface area contributed by atoms with E-state index in [0.717, 1.165) is 13.0 Å². The summed E-state index contributed by atoms with van der Waals surface area (Å²) in [6, 6.07) is 4.52. The number of carboxylic acids is 1. The van der Waals surface area contributed by atoms with Crippen molar-refractivity contribution in [3.05, 3.63) is 23.8 Å². The molecule has 104 valence electrons. The zero-order valence-corrected chi connectivity index (χ0v) is 11.2. The average Bonchev–Trinajstić information content (AvgIpc) is 2.73. The van der Waals surface area contributed by atoms with Gasteiger partial charge in [0.2, 0.25) is 0 Å². The topological polar surface area (TPSA) is 70.0 Å². The summed E-state index contributed by atoms with van der Waals surface area (Å²) in [6.45, 7) is 3.10. The van der Waals surface area contributed by atoms with Crippen molar-refractivity contribution in [2.24, 2.45) is 5.92 Å². The molecule has 2 atom stereocenters. The number of carbonyl (C=O) groups is 1. The minimum absolute atomic E-state index is 0.130. The summed E-state index contributed by atoms with van der Waals surface area (Å²) >= 11 is 0. The van der Waals surface area contributed by atoms with Crippen molar-refractivity contribution in [1.82, 2.24) is 4.90 Å². The molecule has 0 aromatic heterocycles. The Hall–Kier alpha value is -1.75. The first-order chi connectivity index (χ1) is 9.02. The number of hydrogen-bond donors (Lipinski definition) is 2. The van der Waals surface area contributed by atoms with Crippen LogP contribution in [0.5, 0.6) is 11.5 Å². The second-order valence-electron chi connectivity index (χ2n) is 5.01. The molecule has 0 spiro atoms. The SMILES string of the molecule is COc1ccc(O)c(CN2CCC(C)C2C(=O)O)c1. The van der Waals surface area contributed by atoms with E-state index in [1.165, 1.54) is 0 Å². The van der Waals surface area contributed by atoms with Crippen molar-refractivity contribution in [1.29, 1.82) is 0 Å². The Balaban J connectivity index is 2.18. The van der Waals surface area contributed by atoms with Gasteiger partial charge in [-0.15, -0.1) is 0 Å². The van der Waals surface area contributed by atoms with Crippen LogP contribution in [0.2, 0.25) is 0 Å². The van der Waals surface area contributed by atoms with Gasteiger partial charge in [-0.3, -0.25) is 9.69 Å². The molecule has 1 heterocycles. The molecular weight excluding hydrogens is 246 g/mol. The summed E-state index contributed by atoms with van der Waals surface area (Å²) < 4.78 is 5.12. The predicted octanol–water partition coefficient (Wildman–Crippen LogP) is 1.70. The van der Waals surface area contributed by atoms with Crippen LogP contribution in [-0.4, -0.2) is 40.8 Å². The van der Waals surface area contributed by atoms with Gasteiger partial charge in [0.1, 0.15) is 17.5 Å². The highest BCUT2D eigenvalue weighted by Gasteiger charge is 2.36. The van der Waals surface area contributed by atoms with Crippen LogP contribution in [0, 0.1) is 5.92 Å². The fourth-order valence-electron chi connectivity index (χ4n) is 2.64. The molecule has 2 unspecified atom stereocenters. The van der Waals surface area contributed by atoms with E-state index in [0.29, 0.717) is 17.9 Å². The molecule has 0 amide bonds. The lowest BCUT2D eigenvalue weighted by atomic mass is 10.0. The van der Waals surface area contributed by atoms with Gasteiger partial charge in [0.05, 0.1) is 7.11 Å². The molecule has 1 saturated heterocycles. The number of nitrogens with zero attached hydrogens (tertiary/aromatic N) is 1. The van der Waals surface area contributed by atoms with Crippen molar-refractivity contribution in [3.8, 4) is 11.5 Å². The lowest BCUT2D eigenvalue weighted by molar-refractivity contribution is -0.143. The number of phenols is 1. The van der Waals surface area contributed by atoms with Gasteiger partial charge >= 0.3 is 5.97 Å². The Bertz CT molecular complexity index is 475. The van der Waals surface area contributed by atoms with Gasteiger partial charge in [0.25, 0.3) is 0 Å². The van der Waals surface area contributed by atoms with E-state index in [4.69, 9.17) is 4.74 Å². The first-order valence-electron chi connectivity index (χ1n) is 6.35. The number of aliphatic carboxylic acids is 1. The summed E-state index contributed by atoms with van der Waals surface area (Å²) in [7, 11) is 1.56. The number of hydrogen-bond acceptors (Lipinski definition) is 4. The number of methoxy groups -OCH3 is 1. The summed E-state index contributed by atoms with van der Waals surface area (Å²) in [6.07, 6.45) is 0.863. The molecule has 5 nitrogen and oxygen atoms in total. The molecule has 0 aliphatic carbocycles. The Morgan fingerprint density at radius 3 is 2.89 bits per heavy atom. The zero-order chi connectivity index (χ0) is 14.0. The number of rotatable bonds is 4. The highest BCUT2D eigenvalue weighted by Crippen LogP contribution is 2.30. The van der Waals surface area contributed by atoms with Gasteiger partial charge in [0, 0.05) is 12.1 Å². The molecular formula is C14H19NO4. The van der Waals surface area contributed by atoms with Gasteiger partial charge in [-0.1, -0.05) is 6.92 Å². The van der Waals surface area contributed by atoms with Crippen LogP contribution in [0.3, 0.4) is 0 Å². The Labute approximate surface area is 112 Å². The average molecular weight is 265 g/mol. The second-order valence-corrected chi connectivity index (χ2v) is 5.01. The lowest BCUT2D eigenvalue weighted by Crippen LogP contribution is -2.38. The van der Waals surface area contributed by atoms with Gasteiger partial charge in [0.15, 0.2) is 0 Å². The molecule has 0 bridgehead atoms. The monoisotopic (exact) mass is 265 g/mol. The summed E-state index contributed by atoms with van der Waals surface area (Å²) in [5.74, 6) is 0.161. The predicted molar refractivity (Wildman–Crippen MR) is 70.3 cm³/mol. The van der Waals surface area contributed by atoms with Crippen molar-refractivity contribution < 1.29 is 19.7 Å². The Morgan fingerprint density at radius 1 is 1.53 bits per heavy atom. The Kier molecular flexibility index (Phi) is 3.95. The van der Waals surface area contributed by atoms with E-state index >= 15 is 0 Å². The van der Waals surface area contributed by atoms with Gasteiger partial charge in [-0.05, 0) is 37.1 Å². The number of aromatic hydroxyl groups is 1. The van der Waals surface area contributed by atoms with Gasteiger partial charge < -0.3 is 14.9 Å². The van der Waals surface area contributed by atoms with E-state index < -0.39 is 12.0 Å². The smallest absolute Gasteiger partial charge is 0.321 e. The van der Waals surface area contributed by atoms with E-state index in [9.17, 15) is 15.0 Å². The quantitative estimate of drug-likeness (QED) is 0.867. The molecule has 1 aliphatic heterocycles. The van der Waals surface area contributed by atoms with Crippen LogP contribution in [0.15, 0.2) is 18.2 Å². The maximum absolute atomic E-state index is 11.3. The van der Waals surface area contributed by atoms with Crippen LogP contribution in [-0.2, 0) is 11.3 Å². The first kappa shape index (κ1) is 13.7. The van der Waals surface area contributed by atoms with E-state index in [1.54, 1.807) is 25.3 Å². The minimum Gasteiger partial charge on any atom is -0.508 e. The normalized spacial score (nSPS) is 23.5.